The standard InChI is InChI=1S/C14H18F2N2O2/c1-18(7-9-4-11(19)5-9)8-14(20)17-10-2-3-12(15)13(16)6-10/h2-3,6,9,11,19H,4-5,7-8H2,1H3,(H,17,20). The molecule has 110 valence electrons. The minimum Gasteiger partial charge on any atom is -0.393 e. The fourth-order valence-corrected chi connectivity index (χ4v) is 2.37. The van der Waals surface area contributed by atoms with E-state index in [1.807, 2.05) is 11.9 Å². The fourth-order valence-electron chi connectivity index (χ4n) is 2.37. The number of aliphatic hydroxyl groups is 1. The average molecular weight is 284 g/mol. The van der Waals surface area contributed by atoms with Gasteiger partial charge in [-0.3, -0.25) is 9.69 Å². The van der Waals surface area contributed by atoms with Crippen LogP contribution in [-0.4, -0.2) is 42.2 Å². The van der Waals surface area contributed by atoms with E-state index in [-0.39, 0.29) is 24.2 Å². The molecular weight excluding hydrogens is 266 g/mol. The molecule has 0 radical (unpaired) electrons. The van der Waals surface area contributed by atoms with Gasteiger partial charge in [-0.2, -0.15) is 0 Å². The summed E-state index contributed by atoms with van der Waals surface area (Å²) in [5, 5.41) is 11.7. The van der Waals surface area contributed by atoms with Crippen molar-refractivity contribution in [3.8, 4) is 0 Å². The van der Waals surface area contributed by atoms with Crippen LogP contribution in [0.2, 0.25) is 0 Å². The van der Waals surface area contributed by atoms with Crippen molar-refractivity contribution in [2.75, 3.05) is 25.5 Å². The Labute approximate surface area is 116 Å². The molecule has 6 heteroatoms. The molecule has 20 heavy (non-hydrogen) atoms. The third-order valence-corrected chi connectivity index (χ3v) is 3.40. The van der Waals surface area contributed by atoms with Gasteiger partial charge in [0.25, 0.3) is 0 Å². The van der Waals surface area contributed by atoms with E-state index < -0.39 is 11.6 Å². The summed E-state index contributed by atoms with van der Waals surface area (Å²) in [4.78, 5) is 13.6. The van der Waals surface area contributed by atoms with Crippen molar-refractivity contribution in [3.05, 3.63) is 29.8 Å². The van der Waals surface area contributed by atoms with E-state index in [0.717, 1.165) is 31.5 Å². The Balaban J connectivity index is 1.78. The quantitative estimate of drug-likeness (QED) is 0.863. The molecule has 1 fully saturated rings. The zero-order valence-corrected chi connectivity index (χ0v) is 11.3. The zero-order valence-electron chi connectivity index (χ0n) is 11.3. The highest BCUT2D eigenvalue weighted by atomic mass is 19.2. The second-order valence-electron chi connectivity index (χ2n) is 5.37. The van der Waals surface area contributed by atoms with Crippen molar-refractivity contribution in [1.82, 2.24) is 4.90 Å². The van der Waals surface area contributed by atoms with Gasteiger partial charge in [-0.1, -0.05) is 0 Å². The number of anilines is 1. The van der Waals surface area contributed by atoms with E-state index in [1.54, 1.807) is 0 Å². The second-order valence-corrected chi connectivity index (χ2v) is 5.37. The summed E-state index contributed by atoms with van der Waals surface area (Å²) in [7, 11) is 1.82. The Morgan fingerprint density at radius 1 is 1.40 bits per heavy atom. The Morgan fingerprint density at radius 3 is 2.70 bits per heavy atom. The summed E-state index contributed by atoms with van der Waals surface area (Å²) >= 11 is 0. The van der Waals surface area contributed by atoms with E-state index >= 15 is 0 Å². The Kier molecular flexibility index (Phi) is 4.67. The van der Waals surface area contributed by atoms with Gasteiger partial charge in [-0.25, -0.2) is 8.78 Å². The van der Waals surface area contributed by atoms with Crippen molar-refractivity contribution >= 4 is 11.6 Å². The average Bonchev–Trinajstić information content (AvgIpc) is 2.31. The number of aliphatic hydroxyl groups excluding tert-OH is 1. The number of benzene rings is 1. The number of likely N-dealkylation sites (N-methyl/N-ethyl adjacent to an activating group) is 1. The molecule has 1 aromatic rings. The number of halogens is 2. The van der Waals surface area contributed by atoms with Crippen LogP contribution in [0.25, 0.3) is 0 Å². The molecule has 0 spiro atoms. The lowest BCUT2D eigenvalue weighted by atomic mass is 9.82. The molecule has 2 N–H and O–H groups in total. The van der Waals surface area contributed by atoms with Crippen molar-refractivity contribution in [1.29, 1.82) is 0 Å². The maximum absolute atomic E-state index is 13.0. The van der Waals surface area contributed by atoms with Crippen LogP contribution in [0.15, 0.2) is 18.2 Å². The van der Waals surface area contributed by atoms with E-state index in [2.05, 4.69) is 5.32 Å². The topological polar surface area (TPSA) is 52.6 Å². The number of amides is 1. The lowest BCUT2D eigenvalue weighted by Gasteiger charge is -2.34. The highest BCUT2D eigenvalue weighted by molar-refractivity contribution is 5.92. The predicted octanol–water partition coefficient (Wildman–Crippen LogP) is 1.61. The van der Waals surface area contributed by atoms with Crippen LogP contribution in [0, 0.1) is 17.6 Å². The van der Waals surface area contributed by atoms with Crippen LogP contribution in [0.5, 0.6) is 0 Å². The van der Waals surface area contributed by atoms with Crippen molar-refractivity contribution in [2.24, 2.45) is 5.92 Å². The van der Waals surface area contributed by atoms with Crippen LogP contribution in [0.4, 0.5) is 14.5 Å². The molecule has 0 unspecified atom stereocenters. The van der Waals surface area contributed by atoms with Gasteiger partial charge in [0.05, 0.1) is 12.6 Å². The molecule has 0 saturated heterocycles. The highest BCUT2D eigenvalue weighted by Crippen LogP contribution is 2.27. The van der Waals surface area contributed by atoms with Crippen LogP contribution >= 0.6 is 0 Å². The SMILES string of the molecule is CN(CC(=O)Nc1ccc(F)c(F)c1)CC1CC(O)C1. The Morgan fingerprint density at radius 2 is 2.10 bits per heavy atom. The Bertz CT molecular complexity index is 490. The van der Waals surface area contributed by atoms with Gasteiger partial charge in [0.1, 0.15) is 0 Å². The largest absolute Gasteiger partial charge is 0.393 e. The molecule has 0 aliphatic heterocycles. The monoisotopic (exact) mass is 284 g/mol. The minimum atomic E-state index is -0.986. The van der Waals surface area contributed by atoms with Gasteiger partial charge in [-0.15, -0.1) is 0 Å². The summed E-state index contributed by atoms with van der Waals surface area (Å²) in [6.07, 6.45) is 1.34. The lowest BCUT2D eigenvalue weighted by molar-refractivity contribution is -0.117. The van der Waals surface area contributed by atoms with Crippen molar-refractivity contribution in [2.45, 2.75) is 18.9 Å². The smallest absolute Gasteiger partial charge is 0.238 e. The van der Waals surface area contributed by atoms with Crippen LogP contribution < -0.4 is 5.32 Å². The second kappa shape index (κ2) is 6.28. The molecule has 1 aliphatic carbocycles. The first kappa shape index (κ1) is 14.9. The van der Waals surface area contributed by atoms with Gasteiger partial charge in [0.2, 0.25) is 5.91 Å². The van der Waals surface area contributed by atoms with Crippen molar-refractivity contribution < 1.29 is 18.7 Å². The van der Waals surface area contributed by atoms with Crippen LogP contribution in [-0.2, 0) is 4.79 Å². The number of hydrogen-bond acceptors (Lipinski definition) is 3. The molecule has 1 aromatic carbocycles. The summed E-state index contributed by atoms with van der Waals surface area (Å²) in [6.45, 7) is 0.911. The molecule has 2 rings (SSSR count). The predicted molar refractivity (Wildman–Crippen MR) is 71.2 cm³/mol. The first-order valence-corrected chi connectivity index (χ1v) is 6.55. The normalized spacial score (nSPS) is 21.6. The molecular formula is C14H18F2N2O2. The molecule has 0 heterocycles. The summed E-state index contributed by atoms with van der Waals surface area (Å²) in [5.74, 6) is -1.78. The van der Waals surface area contributed by atoms with Crippen LogP contribution in [0.1, 0.15) is 12.8 Å². The molecule has 1 amide bonds. The molecule has 0 atom stereocenters. The lowest BCUT2D eigenvalue weighted by Crippen LogP contribution is -2.39. The van der Waals surface area contributed by atoms with E-state index in [1.165, 1.54) is 6.07 Å². The minimum absolute atomic E-state index is 0.172. The first-order chi connectivity index (χ1) is 9.44. The van der Waals surface area contributed by atoms with Gasteiger partial charge in [-0.05, 0) is 37.9 Å². The van der Waals surface area contributed by atoms with E-state index in [0.29, 0.717) is 5.92 Å². The number of carbonyl (C=O) groups excluding carboxylic acids is 1. The Hall–Kier alpha value is -1.53. The highest BCUT2D eigenvalue weighted by Gasteiger charge is 2.28. The van der Waals surface area contributed by atoms with Gasteiger partial charge >= 0.3 is 0 Å². The number of hydrogen-bond donors (Lipinski definition) is 2. The summed E-state index contributed by atoms with van der Waals surface area (Å²) < 4.78 is 25.7. The third-order valence-electron chi connectivity index (χ3n) is 3.40. The zero-order chi connectivity index (χ0) is 14.7. The first-order valence-electron chi connectivity index (χ1n) is 6.55. The maximum atomic E-state index is 13.0. The summed E-state index contributed by atoms with van der Waals surface area (Å²) in [6, 6.07) is 3.25. The van der Waals surface area contributed by atoms with Gasteiger partial charge < -0.3 is 10.4 Å². The number of rotatable bonds is 5. The molecule has 1 aliphatic rings. The fraction of sp³-hybridized carbons (Fsp3) is 0.500. The molecule has 0 aromatic heterocycles. The number of carbonyl (C=O) groups is 1. The van der Waals surface area contributed by atoms with Gasteiger partial charge in [0.15, 0.2) is 11.6 Å². The van der Waals surface area contributed by atoms with Gasteiger partial charge in [0, 0.05) is 18.3 Å². The maximum Gasteiger partial charge on any atom is 0.238 e. The number of nitrogens with one attached hydrogen (secondary N) is 1. The molecule has 1 saturated carbocycles. The number of nitrogens with zero attached hydrogens (tertiary/aromatic N) is 1. The van der Waals surface area contributed by atoms with E-state index in [9.17, 15) is 18.7 Å². The van der Waals surface area contributed by atoms with Crippen LogP contribution in [0.3, 0.4) is 0 Å². The van der Waals surface area contributed by atoms with E-state index in [4.69, 9.17) is 0 Å². The molecule has 4 nitrogen and oxygen atoms in total. The van der Waals surface area contributed by atoms with Crippen molar-refractivity contribution in [3.63, 3.8) is 0 Å². The third kappa shape index (κ3) is 3.98. The summed E-state index contributed by atoms with van der Waals surface area (Å²) in [5.41, 5.74) is 0.237. The molecule has 0 bridgehead atoms.